The average Bonchev–Trinajstić information content (AvgIpc) is 2.86. The Labute approximate surface area is 205 Å². The Balaban J connectivity index is 1.57. The van der Waals surface area contributed by atoms with Gasteiger partial charge in [-0.3, -0.25) is 0 Å². The van der Waals surface area contributed by atoms with Crippen molar-refractivity contribution in [2.75, 3.05) is 6.61 Å². The fourth-order valence-electron chi connectivity index (χ4n) is 4.00. The molecule has 0 spiro atoms. The van der Waals surface area contributed by atoms with Crippen molar-refractivity contribution in [1.29, 1.82) is 5.26 Å². The van der Waals surface area contributed by atoms with Crippen LogP contribution in [0, 0.1) is 18.3 Å². The summed E-state index contributed by atoms with van der Waals surface area (Å²) in [5, 5.41) is 9.80. The number of hydrogen-bond acceptors (Lipinski definition) is 6. The van der Waals surface area contributed by atoms with Gasteiger partial charge in [0.05, 0.1) is 18.1 Å². The minimum atomic E-state index is -0.465. The monoisotopic (exact) mass is 468 g/mol. The summed E-state index contributed by atoms with van der Waals surface area (Å²) in [6.45, 7) is 4.78. The number of nitrogens with zero attached hydrogens (tertiary/aromatic N) is 1. The van der Waals surface area contributed by atoms with E-state index in [0.29, 0.717) is 29.2 Å². The summed E-state index contributed by atoms with van der Waals surface area (Å²) in [4.78, 5) is 12.5. The van der Waals surface area contributed by atoms with Gasteiger partial charge < -0.3 is 19.9 Å². The molecule has 0 radical (unpaired) electrons. The Hall–Kier alpha value is -4.24. The summed E-state index contributed by atoms with van der Waals surface area (Å²) in [6.07, 6.45) is 3.29. The third-order valence-electron chi connectivity index (χ3n) is 5.92. The van der Waals surface area contributed by atoms with Gasteiger partial charge in [0, 0.05) is 11.6 Å². The molecular weight excluding hydrogens is 440 g/mol. The number of esters is 1. The maximum atomic E-state index is 12.5. The number of hydrogen-bond donors (Lipinski definition) is 1. The van der Waals surface area contributed by atoms with E-state index < -0.39 is 11.9 Å². The predicted octanol–water partition coefficient (Wildman–Crippen LogP) is 6.00. The van der Waals surface area contributed by atoms with E-state index >= 15 is 0 Å². The number of benzene rings is 3. The standard InChI is InChI=1S/C29H28N2O4/c1-3-4-5-16-33-22-12-10-20(11-13-22)27-24-15-14-23(17-26(24)35-28(31)25(27)18-30)34-29(32)21-8-6-19(2)7-9-21/h6-15,17,27H,3-5,16,31H2,1-2H3. The third kappa shape index (κ3) is 5.47. The summed E-state index contributed by atoms with van der Waals surface area (Å²) in [5.41, 5.74) is 9.61. The van der Waals surface area contributed by atoms with Gasteiger partial charge in [0.2, 0.25) is 5.88 Å². The van der Waals surface area contributed by atoms with Crippen LogP contribution in [0.4, 0.5) is 0 Å². The van der Waals surface area contributed by atoms with Crippen LogP contribution in [0.15, 0.2) is 78.2 Å². The maximum absolute atomic E-state index is 12.5. The number of carbonyl (C=O) groups is 1. The molecule has 3 aromatic rings. The zero-order valence-corrected chi connectivity index (χ0v) is 19.9. The smallest absolute Gasteiger partial charge is 0.343 e. The van der Waals surface area contributed by atoms with Crippen LogP contribution in [-0.2, 0) is 0 Å². The number of aryl methyl sites for hydroxylation is 1. The van der Waals surface area contributed by atoms with E-state index in [1.807, 2.05) is 43.3 Å². The maximum Gasteiger partial charge on any atom is 0.343 e. The first-order valence-electron chi connectivity index (χ1n) is 11.7. The van der Waals surface area contributed by atoms with Crippen molar-refractivity contribution < 1.29 is 19.0 Å². The summed E-state index contributed by atoms with van der Waals surface area (Å²) in [7, 11) is 0. The molecule has 0 saturated heterocycles. The van der Waals surface area contributed by atoms with Gasteiger partial charge in [-0.05, 0) is 49.2 Å². The van der Waals surface area contributed by atoms with Crippen LogP contribution in [0.25, 0.3) is 0 Å². The highest BCUT2D eigenvalue weighted by Gasteiger charge is 2.31. The lowest BCUT2D eigenvalue weighted by atomic mass is 9.83. The van der Waals surface area contributed by atoms with E-state index in [0.717, 1.165) is 41.7 Å². The molecular formula is C29H28N2O4. The number of fused-ring (bicyclic) bond motifs is 1. The van der Waals surface area contributed by atoms with Crippen molar-refractivity contribution in [2.24, 2.45) is 5.73 Å². The minimum Gasteiger partial charge on any atom is -0.494 e. The Bertz CT molecular complexity index is 1270. The summed E-state index contributed by atoms with van der Waals surface area (Å²) >= 11 is 0. The first-order chi connectivity index (χ1) is 17.0. The molecule has 4 rings (SSSR count). The van der Waals surface area contributed by atoms with Crippen LogP contribution in [0.1, 0.15) is 59.2 Å². The zero-order chi connectivity index (χ0) is 24.8. The highest BCUT2D eigenvalue weighted by Crippen LogP contribution is 2.43. The van der Waals surface area contributed by atoms with Crippen molar-refractivity contribution in [2.45, 2.75) is 39.0 Å². The van der Waals surface area contributed by atoms with Crippen molar-refractivity contribution in [3.8, 4) is 23.3 Å². The Kier molecular flexibility index (Phi) is 7.37. The summed E-state index contributed by atoms with van der Waals surface area (Å²) < 4.78 is 17.1. The molecule has 0 aliphatic carbocycles. The largest absolute Gasteiger partial charge is 0.494 e. The lowest BCUT2D eigenvalue weighted by Gasteiger charge is -2.26. The van der Waals surface area contributed by atoms with Gasteiger partial charge >= 0.3 is 5.97 Å². The van der Waals surface area contributed by atoms with Crippen molar-refractivity contribution >= 4 is 5.97 Å². The topological polar surface area (TPSA) is 94.6 Å². The van der Waals surface area contributed by atoms with Crippen LogP contribution in [0.5, 0.6) is 17.2 Å². The number of allylic oxidation sites excluding steroid dienone is 1. The van der Waals surface area contributed by atoms with Crippen molar-refractivity contribution in [1.82, 2.24) is 0 Å². The molecule has 6 heteroatoms. The zero-order valence-electron chi connectivity index (χ0n) is 19.9. The second kappa shape index (κ2) is 10.8. The minimum absolute atomic E-state index is 0.0342. The molecule has 178 valence electrons. The number of carbonyl (C=O) groups excluding carboxylic acids is 1. The molecule has 1 atom stereocenters. The van der Waals surface area contributed by atoms with E-state index in [-0.39, 0.29) is 5.88 Å². The number of ether oxygens (including phenoxy) is 3. The number of nitriles is 1. The van der Waals surface area contributed by atoms with Crippen LogP contribution >= 0.6 is 0 Å². The van der Waals surface area contributed by atoms with Gasteiger partial charge in [-0.15, -0.1) is 0 Å². The van der Waals surface area contributed by atoms with E-state index in [2.05, 4.69) is 13.0 Å². The lowest BCUT2D eigenvalue weighted by Crippen LogP contribution is -2.21. The molecule has 1 aliphatic rings. The fraction of sp³-hybridized carbons (Fsp3) is 0.241. The third-order valence-corrected chi connectivity index (χ3v) is 5.92. The number of unbranched alkanes of at least 4 members (excludes halogenated alkanes) is 2. The van der Waals surface area contributed by atoms with Gasteiger partial charge in [0.25, 0.3) is 0 Å². The van der Waals surface area contributed by atoms with Gasteiger partial charge in [0.15, 0.2) is 0 Å². The number of nitrogens with two attached hydrogens (primary N) is 1. The molecule has 0 aromatic heterocycles. The van der Waals surface area contributed by atoms with Gasteiger partial charge in [-0.1, -0.05) is 55.7 Å². The Morgan fingerprint density at radius 1 is 1.03 bits per heavy atom. The molecule has 0 fully saturated rings. The molecule has 0 amide bonds. The van der Waals surface area contributed by atoms with Crippen molar-refractivity contribution in [3.05, 3.63) is 100 Å². The first-order valence-corrected chi connectivity index (χ1v) is 11.7. The second-order valence-electron chi connectivity index (χ2n) is 8.50. The lowest BCUT2D eigenvalue weighted by molar-refractivity contribution is 0.0734. The second-order valence-corrected chi connectivity index (χ2v) is 8.50. The van der Waals surface area contributed by atoms with Crippen LogP contribution in [-0.4, -0.2) is 12.6 Å². The van der Waals surface area contributed by atoms with Gasteiger partial charge in [-0.25, -0.2) is 4.79 Å². The predicted molar refractivity (Wildman–Crippen MR) is 133 cm³/mol. The highest BCUT2D eigenvalue weighted by atomic mass is 16.5. The van der Waals surface area contributed by atoms with E-state index in [1.54, 1.807) is 30.3 Å². The summed E-state index contributed by atoms with van der Waals surface area (Å²) in [6, 6.07) is 22.1. The SMILES string of the molecule is CCCCCOc1ccc(C2C(C#N)=C(N)Oc3cc(OC(=O)c4ccc(C)cc4)ccc32)cc1. The van der Waals surface area contributed by atoms with Crippen LogP contribution in [0.2, 0.25) is 0 Å². The van der Waals surface area contributed by atoms with E-state index in [9.17, 15) is 10.1 Å². The molecule has 35 heavy (non-hydrogen) atoms. The molecule has 3 aromatic carbocycles. The molecule has 1 aliphatic heterocycles. The molecule has 1 heterocycles. The molecule has 1 unspecified atom stereocenters. The van der Waals surface area contributed by atoms with E-state index in [1.165, 1.54) is 0 Å². The Morgan fingerprint density at radius 2 is 1.74 bits per heavy atom. The van der Waals surface area contributed by atoms with Gasteiger partial charge in [-0.2, -0.15) is 5.26 Å². The fourth-order valence-corrected chi connectivity index (χ4v) is 4.00. The van der Waals surface area contributed by atoms with Crippen molar-refractivity contribution in [3.63, 3.8) is 0 Å². The van der Waals surface area contributed by atoms with Gasteiger partial charge in [0.1, 0.15) is 28.9 Å². The number of rotatable bonds is 8. The average molecular weight is 469 g/mol. The normalized spacial score (nSPS) is 14.5. The quantitative estimate of drug-likeness (QED) is 0.247. The van der Waals surface area contributed by atoms with Crippen LogP contribution < -0.4 is 19.9 Å². The molecule has 0 bridgehead atoms. The Morgan fingerprint density at radius 3 is 2.43 bits per heavy atom. The van der Waals surface area contributed by atoms with Crippen LogP contribution in [0.3, 0.4) is 0 Å². The molecule has 6 nitrogen and oxygen atoms in total. The first kappa shape index (κ1) is 23.9. The summed E-state index contributed by atoms with van der Waals surface area (Å²) in [5.74, 6) is 0.725. The molecule has 2 N–H and O–H groups in total. The van der Waals surface area contributed by atoms with E-state index in [4.69, 9.17) is 19.9 Å². The highest BCUT2D eigenvalue weighted by molar-refractivity contribution is 5.91. The molecule has 0 saturated carbocycles.